The zero-order valence-corrected chi connectivity index (χ0v) is 15.2. The highest BCUT2D eigenvalue weighted by Gasteiger charge is 2.19. The largest absolute Gasteiger partial charge is 0.493 e. The molecule has 0 atom stereocenters. The van der Waals surface area contributed by atoms with Crippen LogP contribution in [0, 0.1) is 11.6 Å². The third-order valence-corrected chi connectivity index (χ3v) is 4.73. The normalized spacial score (nSPS) is 15.8. The summed E-state index contributed by atoms with van der Waals surface area (Å²) in [6.07, 6.45) is 0. The van der Waals surface area contributed by atoms with Crippen LogP contribution in [-0.2, 0) is 13.1 Å². The Morgan fingerprint density at radius 1 is 0.846 bits per heavy atom. The molecule has 4 nitrogen and oxygen atoms in total. The fourth-order valence-electron chi connectivity index (χ4n) is 3.32. The maximum absolute atomic E-state index is 13.3. The minimum absolute atomic E-state index is 0.632. The van der Waals surface area contributed by atoms with Gasteiger partial charge in [-0.1, -0.05) is 18.2 Å². The summed E-state index contributed by atoms with van der Waals surface area (Å²) in [4.78, 5) is 4.62. The molecule has 1 heterocycles. The minimum Gasteiger partial charge on any atom is -0.493 e. The molecule has 0 N–H and O–H groups in total. The molecule has 1 aliphatic heterocycles. The van der Waals surface area contributed by atoms with Gasteiger partial charge in [-0.05, 0) is 23.8 Å². The highest BCUT2D eigenvalue weighted by molar-refractivity contribution is 5.46. The first-order valence-corrected chi connectivity index (χ1v) is 8.69. The lowest BCUT2D eigenvalue weighted by Gasteiger charge is -2.35. The lowest BCUT2D eigenvalue weighted by Crippen LogP contribution is -2.45. The second-order valence-corrected chi connectivity index (χ2v) is 6.45. The van der Waals surface area contributed by atoms with Crippen LogP contribution in [0.5, 0.6) is 11.5 Å². The first kappa shape index (κ1) is 18.6. The monoisotopic (exact) mass is 362 g/mol. The third-order valence-electron chi connectivity index (χ3n) is 4.73. The van der Waals surface area contributed by atoms with Crippen molar-refractivity contribution in [1.29, 1.82) is 0 Å². The number of benzene rings is 2. The molecule has 6 heteroatoms. The van der Waals surface area contributed by atoms with Crippen LogP contribution in [0.2, 0.25) is 0 Å². The van der Waals surface area contributed by atoms with E-state index in [9.17, 15) is 8.78 Å². The van der Waals surface area contributed by atoms with E-state index in [-0.39, 0.29) is 0 Å². The quantitative estimate of drug-likeness (QED) is 0.787. The molecule has 0 bridgehead atoms. The van der Waals surface area contributed by atoms with E-state index < -0.39 is 11.6 Å². The third kappa shape index (κ3) is 4.31. The Morgan fingerprint density at radius 3 is 2.15 bits per heavy atom. The summed E-state index contributed by atoms with van der Waals surface area (Å²) in [5.41, 5.74) is 1.90. The van der Waals surface area contributed by atoms with Crippen molar-refractivity contribution < 1.29 is 18.3 Å². The molecule has 0 aromatic heterocycles. The average molecular weight is 362 g/mol. The van der Waals surface area contributed by atoms with E-state index in [0.29, 0.717) is 6.54 Å². The molecule has 0 unspecified atom stereocenters. The van der Waals surface area contributed by atoms with Crippen LogP contribution < -0.4 is 9.47 Å². The molecule has 0 spiro atoms. The van der Waals surface area contributed by atoms with Crippen molar-refractivity contribution in [2.45, 2.75) is 13.1 Å². The first-order chi connectivity index (χ1) is 12.6. The maximum atomic E-state index is 13.3. The van der Waals surface area contributed by atoms with Gasteiger partial charge >= 0.3 is 0 Å². The van der Waals surface area contributed by atoms with Crippen LogP contribution >= 0.6 is 0 Å². The molecule has 1 aliphatic rings. The zero-order valence-electron chi connectivity index (χ0n) is 15.2. The summed E-state index contributed by atoms with van der Waals surface area (Å²) in [5.74, 6) is -0.0711. The molecule has 0 amide bonds. The first-order valence-electron chi connectivity index (χ1n) is 8.69. The van der Waals surface area contributed by atoms with Crippen molar-refractivity contribution in [2.24, 2.45) is 0 Å². The van der Waals surface area contributed by atoms with Crippen LogP contribution in [0.25, 0.3) is 0 Å². The number of methoxy groups -OCH3 is 2. The second kappa shape index (κ2) is 8.47. The van der Waals surface area contributed by atoms with Crippen molar-refractivity contribution in [1.82, 2.24) is 9.80 Å². The molecule has 0 aliphatic carbocycles. The number of ether oxygens (including phenoxy) is 2. The van der Waals surface area contributed by atoms with Crippen LogP contribution in [0.4, 0.5) is 8.78 Å². The van der Waals surface area contributed by atoms with Crippen molar-refractivity contribution in [3.63, 3.8) is 0 Å². The highest BCUT2D eigenvalue weighted by Crippen LogP contribution is 2.31. The van der Waals surface area contributed by atoms with Crippen LogP contribution in [0.1, 0.15) is 11.1 Å². The number of piperazine rings is 1. The number of nitrogens with zero attached hydrogens (tertiary/aromatic N) is 2. The van der Waals surface area contributed by atoms with Gasteiger partial charge in [-0.3, -0.25) is 9.80 Å². The number of hydrogen-bond donors (Lipinski definition) is 0. The molecular weight excluding hydrogens is 338 g/mol. The molecule has 0 saturated carbocycles. The zero-order chi connectivity index (χ0) is 18.5. The Balaban J connectivity index is 1.56. The van der Waals surface area contributed by atoms with Crippen molar-refractivity contribution in [3.8, 4) is 11.5 Å². The molecule has 0 radical (unpaired) electrons. The lowest BCUT2D eigenvalue weighted by atomic mass is 10.1. The van der Waals surface area contributed by atoms with E-state index in [1.807, 2.05) is 12.1 Å². The Morgan fingerprint density at radius 2 is 1.54 bits per heavy atom. The predicted octanol–water partition coefficient (Wildman–Crippen LogP) is 3.30. The summed E-state index contributed by atoms with van der Waals surface area (Å²) in [6.45, 7) is 5.00. The van der Waals surface area contributed by atoms with E-state index in [1.165, 1.54) is 12.1 Å². The van der Waals surface area contributed by atoms with Gasteiger partial charge in [0, 0.05) is 44.8 Å². The SMILES string of the molecule is COc1cccc(CN2CCN(Cc3ccc(F)c(F)c3)CC2)c1OC. The van der Waals surface area contributed by atoms with E-state index in [0.717, 1.165) is 55.3 Å². The lowest BCUT2D eigenvalue weighted by molar-refractivity contribution is 0.121. The minimum atomic E-state index is -0.800. The van der Waals surface area contributed by atoms with Gasteiger partial charge in [0.2, 0.25) is 0 Å². The van der Waals surface area contributed by atoms with Crippen molar-refractivity contribution in [3.05, 3.63) is 59.2 Å². The predicted molar refractivity (Wildman–Crippen MR) is 96.5 cm³/mol. The van der Waals surface area contributed by atoms with E-state index in [1.54, 1.807) is 20.3 Å². The maximum Gasteiger partial charge on any atom is 0.165 e. The van der Waals surface area contributed by atoms with Gasteiger partial charge in [-0.25, -0.2) is 8.78 Å². The van der Waals surface area contributed by atoms with Gasteiger partial charge in [-0.15, -0.1) is 0 Å². The molecule has 1 fully saturated rings. The van der Waals surface area contributed by atoms with Gasteiger partial charge in [0.15, 0.2) is 23.1 Å². The van der Waals surface area contributed by atoms with E-state index >= 15 is 0 Å². The van der Waals surface area contributed by atoms with Gasteiger partial charge in [0.05, 0.1) is 14.2 Å². The Hall–Kier alpha value is -2.18. The molecule has 1 saturated heterocycles. The fourth-order valence-corrected chi connectivity index (χ4v) is 3.32. The van der Waals surface area contributed by atoms with Gasteiger partial charge in [0.1, 0.15) is 0 Å². The van der Waals surface area contributed by atoms with Crippen molar-refractivity contribution in [2.75, 3.05) is 40.4 Å². The van der Waals surface area contributed by atoms with Gasteiger partial charge < -0.3 is 9.47 Å². The summed E-state index contributed by atoms with van der Waals surface area (Å²) >= 11 is 0. The molecule has 140 valence electrons. The number of rotatable bonds is 6. The van der Waals surface area contributed by atoms with Crippen LogP contribution in [0.15, 0.2) is 36.4 Å². The van der Waals surface area contributed by atoms with Gasteiger partial charge in [-0.2, -0.15) is 0 Å². The Kier molecular flexibility index (Phi) is 6.06. The molecule has 26 heavy (non-hydrogen) atoms. The summed E-state index contributed by atoms with van der Waals surface area (Å²) in [7, 11) is 3.29. The molecule has 2 aromatic rings. The number of para-hydroxylation sites is 1. The summed E-state index contributed by atoms with van der Waals surface area (Å²) in [5, 5.41) is 0. The number of halogens is 2. The summed E-state index contributed by atoms with van der Waals surface area (Å²) in [6, 6.07) is 10.0. The topological polar surface area (TPSA) is 24.9 Å². The average Bonchev–Trinajstić information content (AvgIpc) is 2.66. The van der Waals surface area contributed by atoms with E-state index in [4.69, 9.17) is 9.47 Å². The fraction of sp³-hybridized carbons (Fsp3) is 0.400. The standard InChI is InChI=1S/C20H24F2N2O2/c1-25-19-5-3-4-16(20(19)26-2)14-24-10-8-23(9-11-24)13-15-6-7-17(21)18(22)12-15/h3-7,12H,8-11,13-14H2,1-2H3. The smallest absolute Gasteiger partial charge is 0.165 e. The van der Waals surface area contributed by atoms with Gasteiger partial charge in [0.25, 0.3) is 0 Å². The Labute approximate surface area is 152 Å². The van der Waals surface area contributed by atoms with Crippen LogP contribution in [0.3, 0.4) is 0 Å². The molecule has 2 aromatic carbocycles. The highest BCUT2D eigenvalue weighted by atomic mass is 19.2. The molecular formula is C20H24F2N2O2. The van der Waals surface area contributed by atoms with Crippen molar-refractivity contribution >= 4 is 0 Å². The Bertz CT molecular complexity index is 747. The van der Waals surface area contributed by atoms with E-state index in [2.05, 4.69) is 15.9 Å². The number of hydrogen-bond acceptors (Lipinski definition) is 4. The second-order valence-electron chi connectivity index (χ2n) is 6.45. The summed E-state index contributed by atoms with van der Waals surface area (Å²) < 4.78 is 37.2. The molecule has 3 rings (SSSR count). The van der Waals surface area contributed by atoms with Crippen LogP contribution in [-0.4, -0.2) is 50.2 Å².